The smallest absolute Gasteiger partial charge is 0.278 e. The molecule has 0 bridgehead atoms. The quantitative estimate of drug-likeness (QED) is 0.855. The first kappa shape index (κ1) is 12.2. The third-order valence-electron chi connectivity index (χ3n) is 2.55. The zero-order valence-corrected chi connectivity index (χ0v) is 10.5. The van der Waals surface area contributed by atoms with Gasteiger partial charge in [0, 0.05) is 12.6 Å². The van der Waals surface area contributed by atoms with Crippen molar-refractivity contribution in [1.29, 1.82) is 0 Å². The maximum Gasteiger partial charge on any atom is 0.278 e. The molecule has 3 N–H and O–H groups in total. The first-order valence-electron chi connectivity index (χ1n) is 5.60. The number of rotatable bonds is 3. The summed E-state index contributed by atoms with van der Waals surface area (Å²) in [5.74, 6) is -0.0653. The van der Waals surface area contributed by atoms with E-state index >= 15 is 0 Å². The standard InChI is InChI=1S/C11H15N5O2/c1-4-16-10(9(12)7(3)14-16)11(17)13-8-5-6(2)15-18-8/h5H,4,12H2,1-3H3,(H,13,17). The Balaban J connectivity index is 2.28. The molecule has 0 fully saturated rings. The zero-order valence-electron chi connectivity index (χ0n) is 10.5. The summed E-state index contributed by atoms with van der Waals surface area (Å²) in [6, 6.07) is 1.63. The Morgan fingerprint density at radius 1 is 1.56 bits per heavy atom. The van der Waals surface area contributed by atoms with Crippen LogP contribution in [0.15, 0.2) is 10.6 Å². The molecule has 0 aliphatic heterocycles. The Labute approximate surface area is 104 Å². The first-order chi connectivity index (χ1) is 8.52. The van der Waals surface area contributed by atoms with E-state index < -0.39 is 0 Å². The molecule has 0 saturated carbocycles. The summed E-state index contributed by atoms with van der Waals surface area (Å²) in [5, 5.41) is 10.5. The van der Waals surface area contributed by atoms with Gasteiger partial charge in [-0.25, -0.2) is 0 Å². The molecule has 2 rings (SSSR count). The van der Waals surface area contributed by atoms with E-state index in [1.165, 1.54) is 0 Å². The van der Waals surface area contributed by atoms with Gasteiger partial charge in [0.05, 0.1) is 17.1 Å². The summed E-state index contributed by atoms with van der Waals surface area (Å²) in [6.07, 6.45) is 0. The third-order valence-corrected chi connectivity index (χ3v) is 2.55. The predicted octanol–water partition coefficient (Wildman–Crippen LogP) is 1.34. The van der Waals surface area contributed by atoms with Crippen LogP contribution in [-0.4, -0.2) is 20.8 Å². The van der Waals surface area contributed by atoms with Crippen LogP contribution in [-0.2, 0) is 6.54 Å². The number of anilines is 2. The number of nitrogen functional groups attached to an aromatic ring is 1. The normalized spacial score (nSPS) is 10.6. The van der Waals surface area contributed by atoms with Gasteiger partial charge in [0.15, 0.2) is 0 Å². The fourth-order valence-corrected chi connectivity index (χ4v) is 1.66. The lowest BCUT2D eigenvalue weighted by Gasteiger charge is -2.04. The van der Waals surface area contributed by atoms with Crippen LogP contribution >= 0.6 is 0 Å². The van der Waals surface area contributed by atoms with Gasteiger partial charge in [-0.05, 0) is 20.8 Å². The van der Waals surface area contributed by atoms with Crippen molar-refractivity contribution < 1.29 is 9.32 Å². The van der Waals surface area contributed by atoms with Crippen molar-refractivity contribution in [2.24, 2.45) is 0 Å². The molecule has 2 heterocycles. The minimum Gasteiger partial charge on any atom is -0.395 e. The average molecular weight is 249 g/mol. The minimum atomic E-state index is -0.355. The number of carbonyl (C=O) groups excluding carboxylic acids is 1. The molecule has 96 valence electrons. The van der Waals surface area contributed by atoms with Crippen molar-refractivity contribution in [3.63, 3.8) is 0 Å². The van der Waals surface area contributed by atoms with E-state index in [1.54, 1.807) is 24.6 Å². The van der Waals surface area contributed by atoms with Gasteiger partial charge in [0.25, 0.3) is 5.91 Å². The van der Waals surface area contributed by atoms with Crippen molar-refractivity contribution in [2.45, 2.75) is 27.3 Å². The molecule has 7 heteroatoms. The van der Waals surface area contributed by atoms with Crippen LogP contribution in [0.3, 0.4) is 0 Å². The molecule has 0 aliphatic carbocycles. The summed E-state index contributed by atoms with van der Waals surface area (Å²) in [6.45, 7) is 5.99. The van der Waals surface area contributed by atoms with E-state index in [0.717, 1.165) is 0 Å². The van der Waals surface area contributed by atoms with Crippen LogP contribution in [0.25, 0.3) is 0 Å². The molecule has 0 spiro atoms. The van der Waals surface area contributed by atoms with Gasteiger partial charge in [-0.15, -0.1) is 0 Å². The predicted molar refractivity (Wildman–Crippen MR) is 66.2 cm³/mol. The highest BCUT2D eigenvalue weighted by Crippen LogP contribution is 2.18. The van der Waals surface area contributed by atoms with Crippen LogP contribution in [0.4, 0.5) is 11.6 Å². The van der Waals surface area contributed by atoms with E-state index in [-0.39, 0.29) is 5.91 Å². The summed E-state index contributed by atoms with van der Waals surface area (Å²) >= 11 is 0. The summed E-state index contributed by atoms with van der Waals surface area (Å²) in [4.78, 5) is 12.1. The number of nitrogens with zero attached hydrogens (tertiary/aromatic N) is 3. The van der Waals surface area contributed by atoms with Crippen LogP contribution in [0, 0.1) is 13.8 Å². The van der Waals surface area contributed by atoms with Crippen molar-refractivity contribution in [3.05, 3.63) is 23.1 Å². The number of nitrogens with two attached hydrogens (primary N) is 1. The maximum atomic E-state index is 12.1. The second kappa shape index (κ2) is 4.52. The van der Waals surface area contributed by atoms with Crippen LogP contribution in [0.5, 0.6) is 0 Å². The molecule has 0 unspecified atom stereocenters. The topological polar surface area (TPSA) is 99.0 Å². The van der Waals surface area contributed by atoms with Crippen LogP contribution in [0.1, 0.15) is 28.8 Å². The van der Waals surface area contributed by atoms with Crippen molar-refractivity contribution in [2.75, 3.05) is 11.1 Å². The molecule has 7 nitrogen and oxygen atoms in total. The maximum absolute atomic E-state index is 12.1. The van der Waals surface area contributed by atoms with Gasteiger partial charge in [0.1, 0.15) is 5.69 Å². The Kier molecular flexibility index (Phi) is 3.05. The first-order valence-corrected chi connectivity index (χ1v) is 5.60. The highest BCUT2D eigenvalue weighted by atomic mass is 16.5. The zero-order chi connectivity index (χ0) is 13.3. The highest BCUT2D eigenvalue weighted by molar-refractivity contribution is 6.06. The lowest BCUT2D eigenvalue weighted by atomic mass is 10.3. The molecule has 0 radical (unpaired) electrons. The molecular weight excluding hydrogens is 234 g/mol. The number of hydrogen-bond acceptors (Lipinski definition) is 5. The summed E-state index contributed by atoms with van der Waals surface area (Å²) in [5.41, 5.74) is 7.89. The fourth-order valence-electron chi connectivity index (χ4n) is 1.66. The molecule has 2 aromatic heterocycles. The minimum absolute atomic E-state index is 0.290. The Morgan fingerprint density at radius 2 is 2.28 bits per heavy atom. The monoisotopic (exact) mass is 249 g/mol. The second-order valence-electron chi connectivity index (χ2n) is 3.95. The molecule has 0 atom stereocenters. The second-order valence-corrected chi connectivity index (χ2v) is 3.95. The van der Waals surface area contributed by atoms with E-state index in [0.29, 0.717) is 35.2 Å². The van der Waals surface area contributed by atoms with Crippen molar-refractivity contribution in [3.8, 4) is 0 Å². The summed E-state index contributed by atoms with van der Waals surface area (Å²) in [7, 11) is 0. The number of aryl methyl sites for hydroxylation is 3. The molecule has 0 aromatic carbocycles. The molecular formula is C11H15N5O2. The molecule has 18 heavy (non-hydrogen) atoms. The van der Waals surface area contributed by atoms with E-state index in [1.807, 2.05) is 6.92 Å². The fraction of sp³-hybridized carbons (Fsp3) is 0.364. The molecule has 1 amide bonds. The SMILES string of the molecule is CCn1nc(C)c(N)c1C(=O)Nc1cc(C)no1. The number of hydrogen-bond donors (Lipinski definition) is 2. The van der Waals surface area contributed by atoms with Gasteiger partial charge in [0.2, 0.25) is 5.88 Å². The number of aromatic nitrogens is 3. The Bertz CT molecular complexity index is 584. The van der Waals surface area contributed by atoms with Crippen LogP contribution < -0.4 is 11.1 Å². The van der Waals surface area contributed by atoms with Gasteiger partial charge in [-0.1, -0.05) is 5.16 Å². The van der Waals surface area contributed by atoms with Crippen LogP contribution in [0.2, 0.25) is 0 Å². The van der Waals surface area contributed by atoms with E-state index in [9.17, 15) is 4.79 Å². The van der Waals surface area contributed by atoms with E-state index in [4.69, 9.17) is 10.3 Å². The van der Waals surface area contributed by atoms with Crippen molar-refractivity contribution in [1.82, 2.24) is 14.9 Å². The van der Waals surface area contributed by atoms with Gasteiger partial charge in [-0.3, -0.25) is 14.8 Å². The third kappa shape index (κ3) is 2.06. The van der Waals surface area contributed by atoms with Gasteiger partial charge >= 0.3 is 0 Å². The lowest BCUT2D eigenvalue weighted by molar-refractivity contribution is 0.101. The Morgan fingerprint density at radius 3 is 2.83 bits per heavy atom. The van der Waals surface area contributed by atoms with E-state index in [2.05, 4.69) is 15.6 Å². The lowest BCUT2D eigenvalue weighted by Crippen LogP contribution is -2.18. The highest BCUT2D eigenvalue weighted by Gasteiger charge is 2.20. The average Bonchev–Trinajstić information content (AvgIpc) is 2.84. The molecule has 2 aromatic rings. The largest absolute Gasteiger partial charge is 0.395 e. The van der Waals surface area contributed by atoms with Gasteiger partial charge < -0.3 is 10.3 Å². The van der Waals surface area contributed by atoms with Gasteiger partial charge in [-0.2, -0.15) is 5.10 Å². The number of nitrogens with one attached hydrogen (secondary N) is 1. The Hall–Kier alpha value is -2.31. The summed E-state index contributed by atoms with van der Waals surface area (Å²) < 4.78 is 6.48. The molecule has 0 aliphatic rings. The number of amides is 1. The molecule has 0 saturated heterocycles. The van der Waals surface area contributed by atoms with Crippen molar-refractivity contribution >= 4 is 17.5 Å². The number of carbonyl (C=O) groups is 1.